The van der Waals surface area contributed by atoms with E-state index in [0.717, 1.165) is 6.54 Å². The minimum atomic E-state index is 0.349. The maximum absolute atomic E-state index is 4.23. The van der Waals surface area contributed by atoms with E-state index in [1.807, 2.05) is 12.4 Å². The van der Waals surface area contributed by atoms with Crippen LogP contribution in [-0.2, 0) is 6.54 Å². The first-order chi connectivity index (χ1) is 7.68. The highest BCUT2D eigenvalue weighted by molar-refractivity contribution is 5.16. The van der Waals surface area contributed by atoms with Gasteiger partial charge >= 0.3 is 0 Å². The maximum Gasteiger partial charge on any atom is 0.0313 e. The molecule has 1 fully saturated rings. The van der Waals surface area contributed by atoms with E-state index in [9.17, 15) is 0 Å². The van der Waals surface area contributed by atoms with E-state index in [1.165, 1.54) is 43.2 Å². The second kappa shape index (κ2) is 4.96. The van der Waals surface area contributed by atoms with E-state index < -0.39 is 0 Å². The molecule has 0 amide bonds. The van der Waals surface area contributed by atoms with Crippen LogP contribution in [0.15, 0.2) is 18.5 Å². The summed E-state index contributed by atoms with van der Waals surface area (Å²) in [5, 5.41) is 3.70. The summed E-state index contributed by atoms with van der Waals surface area (Å²) in [6.07, 6.45) is 10.6. The summed E-state index contributed by atoms with van der Waals surface area (Å²) >= 11 is 0. The van der Waals surface area contributed by atoms with Crippen LogP contribution >= 0.6 is 0 Å². The van der Waals surface area contributed by atoms with Gasteiger partial charge in [0.15, 0.2) is 0 Å². The van der Waals surface area contributed by atoms with Gasteiger partial charge in [-0.25, -0.2) is 0 Å². The van der Waals surface area contributed by atoms with E-state index in [-0.39, 0.29) is 0 Å². The molecule has 0 spiro atoms. The van der Waals surface area contributed by atoms with Crippen molar-refractivity contribution in [3.63, 3.8) is 0 Å². The summed E-state index contributed by atoms with van der Waals surface area (Å²) in [6.45, 7) is 5.40. The second-order valence-electron chi connectivity index (χ2n) is 5.35. The average molecular weight is 218 g/mol. The fourth-order valence-corrected chi connectivity index (χ4v) is 2.54. The molecule has 0 radical (unpaired) electrons. The molecule has 0 atom stereocenters. The van der Waals surface area contributed by atoms with Crippen molar-refractivity contribution in [2.45, 2.75) is 58.0 Å². The lowest BCUT2D eigenvalue weighted by Gasteiger charge is -2.34. The molecule has 0 saturated heterocycles. The molecule has 0 aromatic carbocycles. The Bertz CT molecular complexity index is 340. The summed E-state index contributed by atoms with van der Waals surface area (Å²) in [6, 6.07) is 2.21. The third-order valence-electron chi connectivity index (χ3n) is 3.61. The second-order valence-corrected chi connectivity index (χ2v) is 5.35. The van der Waals surface area contributed by atoms with Crippen LogP contribution in [0, 0.1) is 6.92 Å². The van der Waals surface area contributed by atoms with Gasteiger partial charge in [-0.1, -0.05) is 25.3 Å². The first kappa shape index (κ1) is 11.6. The SMILES string of the molecule is Cc1cncc(CNC2(C)CCCCC2)c1. The molecule has 1 aromatic heterocycles. The van der Waals surface area contributed by atoms with Crippen LogP contribution in [-0.4, -0.2) is 10.5 Å². The monoisotopic (exact) mass is 218 g/mol. The molecule has 1 aromatic rings. The van der Waals surface area contributed by atoms with E-state index >= 15 is 0 Å². The van der Waals surface area contributed by atoms with Gasteiger partial charge in [0.05, 0.1) is 0 Å². The Kier molecular flexibility index (Phi) is 3.59. The quantitative estimate of drug-likeness (QED) is 0.842. The summed E-state index contributed by atoms with van der Waals surface area (Å²) in [5.74, 6) is 0. The lowest BCUT2D eigenvalue weighted by atomic mass is 9.83. The summed E-state index contributed by atoms with van der Waals surface area (Å²) in [4.78, 5) is 4.23. The zero-order chi connectivity index (χ0) is 11.4. The van der Waals surface area contributed by atoms with Gasteiger partial charge in [0.2, 0.25) is 0 Å². The normalized spacial score (nSPS) is 19.6. The molecule has 0 aliphatic heterocycles. The van der Waals surface area contributed by atoms with Crippen molar-refractivity contribution in [3.05, 3.63) is 29.6 Å². The van der Waals surface area contributed by atoms with Gasteiger partial charge in [-0.3, -0.25) is 4.98 Å². The van der Waals surface area contributed by atoms with Crippen LogP contribution in [0.25, 0.3) is 0 Å². The first-order valence-electron chi connectivity index (χ1n) is 6.34. The van der Waals surface area contributed by atoms with Gasteiger partial charge in [0.25, 0.3) is 0 Å². The molecule has 2 heteroatoms. The maximum atomic E-state index is 4.23. The Balaban J connectivity index is 1.91. The molecule has 1 aliphatic rings. The number of aryl methyl sites for hydroxylation is 1. The number of nitrogens with zero attached hydrogens (tertiary/aromatic N) is 1. The van der Waals surface area contributed by atoms with E-state index in [1.54, 1.807) is 0 Å². The molecular formula is C14H22N2. The lowest BCUT2D eigenvalue weighted by molar-refractivity contribution is 0.252. The Morgan fingerprint density at radius 2 is 2.00 bits per heavy atom. The molecule has 88 valence electrons. The number of hydrogen-bond donors (Lipinski definition) is 1. The molecule has 2 rings (SSSR count). The highest BCUT2D eigenvalue weighted by Crippen LogP contribution is 2.27. The van der Waals surface area contributed by atoms with E-state index in [0.29, 0.717) is 5.54 Å². The van der Waals surface area contributed by atoms with E-state index in [4.69, 9.17) is 0 Å². The van der Waals surface area contributed by atoms with Crippen molar-refractivity contribution in [1.82, 2.24) is 10.3 Å². The van der Waals surface area contributed by atoms with Gasteiger partial charge < -0.3 is 5.32 Å². The summed E-state index contributed by atoms with van der Waals surface area (Å²) in [5.41, 5.74) is 2.89. The number of pyridine rings is 1. The summed E-state index contributed by atoms with van der Waals surface area (Å²) in [7, 11) is 0. The van der Waals surface area contributed by atoms with Gasteiger partial charge in [0.1, 0.15) is 0 Å². The summed E-state index contributed by atoms with van der Waals surface area (Å²) < 4.78 is 0. The minimum absolute atomic E-state index is 0.349. The van der Waals surface area contributed by atoms with Gasteiger partial charge in [-0.2, -0.15) is 0 Å². The molecule has 1 N–H and O–H groups in total. The highest BCUT2D eigenvalue weighted by Gasteiger charge is 2.25. The smallest absolute Gasteiger partial charge is 0.0313 e. The fraction of sp³-hybridized carbons (Fsp3) is 0.643. The molecule has 2 nitrogen and oxygen atoms in total. The topological polar surface area (TPSA) is 24.9 Å². The molecule has 16 heavy (non-hydrogen) atoms. The lowest BCUT2D eigenvalue weighted by Crippen LogP contribution is -2.43. The predicted octanol–water partition coefficient (Wildman–Crippen LogP) is 3.20. The predicted molar refractivity (Wildman–Crippen MR) is 67.3 cm³/mol. The number of nitrogens with one attached hydrogen (secondary N) is 1. The van der Waals surface area contributed by atoms with Crippen molar-refractivity contribution >= 4 is 0 Å². The van der Waals surface area contributed by atoms with Crippen molar-refractivity contribution in [2.24, 2.45) is 0 Å². The molecule has 0 bridgehead atoms. The van der Waals surface area contributed by atoms with Crippen molar-refractivity contribution in [1.29, 1.82) is 0 Å². The van der Waals surface area contributed by atoms with Crippen LogP contribution in [0.1, 0.15) is 50.2 Å². The Labute approximate surface area is 98.5 Å². The highest BCUT2D eigenvalue weighted by atomic mass is 15.0. The third-order valence-corrected chi connectivity index (χ3v) is 3.61. The van der Waals surface area contributed by atoms with Crippen molar-refractivity contribution in [2.75, 3.05) is 0 Å². The largest absolute Gasteiger partial charge is 0.307 e. The first-order valence-corrected chi connectivity index (χ1v) is 6.34. The zero-order valence-electron chi connectivity index (χ0n) is 10.4. The Morgan fingerprint density at radius 1 is 1.25 bits per heavy atom. The standard InChI is InChI=1S/C14H22N2/c1-12-8-13(10-15-9-12)11-16-14(2)6-4-3-5-7-14/h8-10,16H,3-7,11H2,1-2H3. The number of aromatic nitrogens is 1. The average Bonchev–Trinajstić information content (AvgIpc) is 2.28. The van der Waals surface area contributed by atoms with Gasteiger partial charge in [-0.05, 0) is 37.8 Å². The number of rotatable bonds is 3. The van der Waals surface area contributed by atoms with Gasteiger partial charge in [0, 0.05) is 24.5 Å². The Hall–Kier alpha value is -0.890. The Morgan fingerprint density at radius 3 is 2.69 bits per heavy atom. The van der Waals surface area contributed by atoms with Crippen molar-refractivity contribution in [3.8, 4) is 0 Å². The van der Waals surface area contributed by atoms with E-state index in [2.05, 4.69) is 30.2 Å². The zero-order valence-corrected chi connectivity index (χ0v) is 10.4. The van der Waals surface area contributed by atoms with Gasteiger partial charge in [-0.15, -0.1) is 0 Å². The molecule has 1 saturated carbocycles. The minimum Gasteiger partial charge on any atom is -0.307 e. The van der Waals surface area contributed by atoms with Crippen LogP contribution in [0.5, 0.6) is 0 Å². The molecule has 0 unspecified atom stereocenters. The van der Waals surface area contributed by atoms with Crippen LogP contribution in [0.3, 0.4) is 0 Å². The van der Waals surface area contributed by atoms with Crippen LogP contribution in [0.4, 0.5) is 0 Å². The van der Waals surface area contributed by atoms with Crippen LogP contribution in [0.2, 0.25) is 0 Å². The molecule has 1 aliphatic carbocycles. The third kappa shape index (κ3) is 3.05. The fourth-order valence-electron chi connectivity index (χ4n) is 2.54. The van der Waals surface area contributed by atoms with Crippen LogP contribution < -0.4 is 5.32 Å². The molecular weight excluding hydrogens is 196 g/mol. The number of hydrogen-bond acceptors (Lipinski definition) is 2. The van der Waals surface area contributed by atoms with Crippen molar-refractivity contribution < 1.29 is 0 Å². The molecule has 1 heterocycles.